The molecule has 1 saturated carbocycles. The molecule has 4 atom stereocenters. The molecule has 1 aliphatic carbocycles. The predicted molar refractivity (Wildman–Crippen MR) is 151 cm³/mol. The molecule has 7 nitrogen and oxygen atoms in total. The van der Waals surface area contributed by atoms with Crippen LogP contribution in [-0.4, -0.2) is 47.9 Å². The summed E-state index contributed by atoms with van der Waals surface area (Å²) in [6.07, 6.45) is -1.69. The van der Waals surface area contributed by atoms with Gasteiger partial charge in [0.15, 0.2) is 0 Å². The molecule has 236 valence electrons. The van der Waals surface area contributed by atoms with Crippen LogP contribution in [0.4, 0.5) is 26.3 Å². The van der Waals surface area contributed by atoms with E-state index in [0.29, 0.717) is 18.2 Å². The first-order chi connectivity index (χ1) is 20.7. The van der Waals surface area contributed by atoms with E-state index < -0.39 is 41.5 Å². The van der Waals surface area contributed by atoms with Gasteiger partial charge in [-0.2, -0.15) is 26.3 Å². The molecular weight excluding hydrogens is 586 g/mol. The third-order valence-corrected chi connectivity index (χ3v) is 9.69. The third-order valence-electron chi connectivity index (χ3n) is 9.69. The van der Waals surface area contributed by atoms with Crippen LogP contribution >= 0.6 is 0 Å². The van der Waals surface area contributed by atoms with Gasteiger partial charge in [-0.05, 0) is 73.9 Å². The van der Waals surface area contributed by atoms with Gasteiger partial charge in [0.1, 0.15) is 12.2 Å². The topological polar surface area (TPSA) is 60.4 Å². The molecule has 3 aromatic heterocycles. The summed E-state index contributed by atoms with van der Waals surface area (Å²) in [5.41, 5.74) is -0.624. The van der Waals surface area contributed by atoms with Crippen molar-refractivity contribution in [3.63, 3.8) is 0 Å². The predicted octanol–water partition coefficient (Wildman–Crippen LogP) is 6.75. The van der Waals surface area contributed by atoms with E-state index in [1.165, 1.54) is 17.0 Å². The molecule has 1 saturated heterocycles. The smallest absolute Gasteiger partial charge is 0.320 e. The molecule has 0 N–H and O–H groups in total. The molecule has 13 heteroatoms. The highest BCUT2D eigenvalue weighted by atomic mass is 19.4. The Hall–Kier alpha value is -3.61. The minimum absolute atomic E-state index is 0.0880. The van der Waals surface area contributed by atoms with Crippen LogP contribution in [0.5, 0.6) is 0 Å². The SMILES string of the molecule is CC1CCN([C@@H](C)c2cc(C(F)(F)F)c3cn(-c4cccc([C@H](c5nncn5C)C5CCC5)c4)c(=O)n3c2)C[C@@H]1C(F)(F)F. The number of hydrogen-bond donors (Lipinski definition) is 0. The molecule has 4 heterocycles. The molecule has 0 spiro atoms. The Kier molecular flexibility index (Phi) is 7.66. The van der Waals surface area contributed by atoms with Crippen molar-refractivity contribution in [1.82, 2.24) is 28.6 Å². The zero-order valence-corrected chi connectivity index (χ0v) is 24.6. The summed E-state index contributed by atoms with van der Waals surface area (Å²) in [4.78, 5) is 15.3. The first-order valence-electron chi connectivity index (χ1n) is 14.8. The highest BCUT2D eigenvalue weighted by Gasteiger charge is 2.46. The van der Waals surface area contributed by atoms with Crippen molar-refractivity contribution in [2.45, 2.75) is 63.8 Å². The van der Waals surface area contributed by atoms with Gasteiger partial charge in [-0.15, -0.1) is 10.2 Å². The van der Waals surface area contributed by atoms with Crippen LogP contribution in [0.2, 0.25) is 0 Å². The number of piperidine rings is 1. The molecule has 0 radical (unpaired) electrons. The second-order valence-electron chi connectivity index (χ2n) is 12.4. The van der Waals surface area contributed by atoms with Gasteiger partial charge in [0.25, 0.3) is 0 Å². The minimum Gasteiger partial charge on any atom is -0.320 e. The maximum atomic E-state index is 14.4. The zero-order valence-electron chi connectivity index (χ0n) is 24.6. The van der Waals surface area contributed by atoms with Gasteiger partial charge >= 0.3 is 18.0 Å². The van der Waals surface area contributed by atoms with Gasteiger partial charge in [0.2, 0.25) is 0 Å². The van der Waals surface area contributed by atoms with E-state index in [2.05, 4.69) is 10.2 Å². The van der Waals surface area contributed by atoms with Crippen LogP contribution in [0, 0.1) is 17.8 Å². The van der Waals surface area contributed by atoms with Crippen molar-refractivity contribution in [2.24, 2.45) is 24.8 Å². The number of imidazole rings is 1. The molecule has 1 unspecified atom stereocenters. The summed E-state index contributed by atoms with van der Waals surface area (Å²) in [6, 6.07) is 7.36. The fourth-order valence-corrected chi connectivity index (χ4v) is 6.78. The van der Waals surface area contributed by atoms with E-state index in [4.69, 9.17) is 0 Å². The average molecular weight is 621 g/mol. The lowest BCUT2D eigenvalue weighted by atomic mass is 9.72. The maximum Gasteiger partial charge on any atom is 0.418 e. The van der Waals surface area contributed by atoms with Crippen LogP contribution in [0.25, 0.3) is 11.2 Å². The Morgan fingerprint density at radius 2 is 1.75 bits per heavy atom. The van der Waals surface area contributed by atoms with Crippen LogP contribution in [0.3, 0.4) is 0 Å². The molecule has 44 heavy (non-hydrogen) atoms. The minimum atomic E-state index is -4.80. The quantitative estimate of drug-likeness (QED) is 0.224. The number of hydrogen-bond acceptors (Lipinski definition) is 4. The molecule has 2 aliphatic rings. The first-order valence-corrected chi connectivity index (χ1v) is 14.8. The van der Waals surface area contributed by atoms with E-state index in [1.807, 2.05) is 23.7 Å². The van der Waals surface area contributed by atoms with Crippen molar-refractivity contribution in [1.29, 1.82) is 0 Å². The van der Waals surface area contributed by atoms with Gasteiger partial charge in [-0.1, -0.05) is 25.5 Å². The number of rotatable bonds is 6. The number of likely N-dealkylation sites (tertiary alicyclic amines) is 1. The van der Waals surface area contributed by atoms with E-state index in [1.54, 1.807) is 37.2 Å². The second kappa shape index (κ2) is 11.1. The van der Waals surface area contributed by atoms with E-state index in [0.717, 1.165) is 41.1 Å². The van der Waals surface area contributed by atoms with E-state index >= 15 is 0 Å². The lowest BCUT2D eigenvalue weighted by molar-refractivity contribution is -0.201. The molecule has 1 aliphatic heterocycles. The highest BCUT2D eigenvalue weighted by molar-refractivity contribution is 5.58. The normalized spacial score (nSPS) is 21.8. The standard InChI is InChI=1S/C31H34F6N6O/c1-18-10-11-41(15-25(18)31(35,36)37)19(2)22-13-24(30(32,33)34)26-16-42(29(44)43(26)14-22)23-9-5-8-21(12-23)27(20-6-4-7-20)28-39-38-17-40(28)3/h5,8-9,12-14,16-20,25,27H,4,6-7,10-11,15H2,1-3H3/t18?,19-,25-,27+/m0/s1. The fourth-order valence-electron chi connectivity index (χ4n) is 6.78. The lowest BCUT2D eigenvalue weighted by Gasteiger charge is -2.41. The molecule has 4 aromatic rings. The molecular formula is C31H34F6N6O. The van der Waals surface area contributed by atoms with Crippen LogP contribution in [0.1, 0.15) is 74.0 Å². The Morgan fingerprint density at radius 3 is 2.36 bits per heavy atom. The van der Waals surface area contributed by atoms with E-state index in [-0.39, 0.29) is 30.0 Å². The molecule has 6 rings (SSSR count). The molecule has 0 amide bonds. The van der Waals surface area contributed by atoms with Crippen molar-refractivity contribution >= 4 is 5.52 Å². The number of halogens is 6. The van der Waals surface area contributed by atoms with Crippen molar-refractivity contribution in [2.75, 3.05) is 13.1 Å². The van der Waals surface area contributed by atoms with Gasteiger partial charge < -0.3 is 4.57 Å². The largest absolute Gasteiger partial charge is 0.418 e. The number of aromatic nitrogens is 5. The Labute approximate surface area is 250 Å². The number of pyridine rings is 1. The monoisotopic (exact) mass is 620 g/mol. The number of alkyl halides is 6. The number of fused-ring (bicyclic) bond motifs is 1. The van der Waals surface area contributed by atoms with E-state index in [9.17, 15) is 31.1 Å². The summed E-state index contributed by atoms with van der Waals surface area (Å²) in [7, 11) is 1.86. The Morgan fingerprint density at radius 1 is 1.00 bits per heavy atom. The van der Waals surface area contributed by atoms with Crippen LogP contribution < -0.4 is 5.69 Å². The Balaban J connectivity index is 1.41. The highest BCUT2D eigenvalue weighted by Crippen LogP contribution is 2.43. The summed E-state index contributed by atoms with van der Waals surface area (Å²) < 4.78 is 88.3. The summed E-state index contributed by atoms with van der Waals surface area (Å²) in [5, 5.41) is 8.35. The van der Waals surface area contributed by atoms with Crippen molar-refractivity contribution < 1.29 is 26.3 Å². The average Bonchev–Trinajstić information content (AvgIpc) is 3.51. The van der Waals surface area contributed by atoms with Crippen molar-refractivity contribution in [3.05, 3.63) is 82.1 Å². The Bertz CT molecular complexity index is 1710. The number of nitrogens with zero attached hydrogens (tertiary/aromatic N) is 6. The number of aryl methyl sites for hydroxylation is 1. The van der Waals surface area contributed by atoms with Gasteiger partial charge in [-0.3, -0.25) is 13.9 Å². The van der Waals surface area contributed by atoms with Gasteiger partial charge in [0.05, 0.1) is 22.7 Å². The molecule has 0 bridgehead atoms. The lowest BCUT2D eigenvalue weighted by Crippen LogP contribution is -2.46. The van der Waals surface area contributed by atoms with Crippen molar-refractivity contribution in [3.8, 4) is 5.69 Å². The molecule has 1 aromatic carbocycles. The van der Waals surface area contributed by atoms with Gasteiger partial charge in [-0.25, -0.2) is 4.79 Å². The number of benzene rings is 1. The second-order valence-corrected chi connectivity index (χ2v) is 12.4. The summed E-state index contributed by atoms with van der Waals surface area (Å²) >= 11 is 0. The fraction of sp³-hybridized carbons (Fsp3) is 0.516. The molecule has 2 fully saturated rings. The van der Waals surface area contributed by atoms with Crippen LogP contribution in [-0.2, 0) is 13.2 Å². The van der Waals surface area contributed by atoms with Gasteiger partial charge in [0, 0.05) is 37.9 Å². The first kappa shape index (κ1) is 30.4. The summed E-state index contributed by atoms with van der Waals surface area (Å²) in [5.74, 6) is -1.15. The summed E-state index contributed by atoms with van der Waals surface area (Å²) in [6.45, 7) is 3.13. The maximum absolute atomic E-state index is 14.4. The zero-order chi connectivity index (χ0) is 31.6. The third kappa shape index (κ3) is 5.43. The van der Waals surface area contributed by atoms with Crippen LogP contribution in [0.15, 0.2) is 53.8 Å².